The fourth-order valence-electron chi connectivity index (χ4n) is 1.12. The summed E-state index contributed by atoms with van der Waals surface area (Å²) >= 11 is 0. The standard InChI is InChI=1S/C6H3N3O8/c10-3-1-2(7(12)13)4(8(14)15)6(11)5(3)9(16)17/h1,10-11H. The number of hydrogen-bond acceptors (Lipinski definition) is 8. The highest BCUT2D eigenvalue weighted by Gasteiger charge is 2.38. The van der Waals surface area contributed by atoms with Gasteiger partial charge in [0.15, 0.2) is 0 Å². The molecule has 0 unspecified atom stereocenters. The monoisotopic (exact) mass is 245 g/mol. The molecule has 11 heteroatoms. The second kappa shape index (κ2) is 3.88. The minimum absolute atomic E-state index is 0.232. The molecule has 0 saturated carbocycles. The number of phenolic OH excluding ortho intramolecular Hbond substituents is 2. The van der Waals surface area contributed by atoms with Crippen molar-refractivity contribution >= 4 is 17.1 Å². The van der Waals surface area contributed by atoms with Gasteiger partial charge in [-0.05, 0) is 0 Å². The number of rotatable bonds is 3. The number of hydrogen-bond donors (Lipinski definition) is 2. The summed E-state index contributed by atoms with van der Waals surface area (Å²) in [5, 5.41) is 49.5. The van der Waals surface area contributed by atoms with Crippen molar-refractivity contribution in [2.75, 3.05) is 0 Å². The number of nitro groups is 3. The minimum atomic E-state index is -1.56. The van der Waals surface area contributed by atoms with Crippen LogP contribution in [0.15, 0.2) is 6.07 Å². The van der Waals surface area contributed by atoms with Crippen LogP contribution in [0.2, 0.25) is 0 Å². The van der Waals surface area contributed by atoms with Gasteiger partial charge in [-0.2, -0.15) is 0 Å². The van der Waals surface area contributed by atoms with Crippen LogP contribution < -0.4 is 0 Å². The van der Waals surface area contributed by atoms with Crippen molar-refractivity contribution in [3.8, 4) is 11.5 Å². The molecule has 0 aliphatic carbocycles. The molecule has 0 fully saturated rings. The van der Waals surface area contributed by atoms with E-state index < -0.39 is 43.3 Å². The lowest BCUT2D eigenvalue weighted by Crippen LogP contribution is -2.00. The maximum Gasteiger partial charge on any atom is 0.394 e. The van der Waals surface area contributed by atoms with Gasteiger partial charge in [0.2, 0.25) is 5.75 Å². The Labute approximate surface area is 91.0 Å². The first-order valence-corrected chi connectivity index (χ1v) is 3.79. The molecule has 0 spiro atoms. The van der Waals surface area contributed by atoms with E-state index in [1.807, 2.05) is 0 Å². The normalized spacial score (nSPS) is 9.88. The van der Waals surface area contributed by atoms with E-state index in [1.165, 1.54) is 0 Å². The molecule has 0 radical (unpaired) electrons. The van der Waals surface area contributed by atoms with Crippen molar-refractivity contribution in [3.63, 3.8) is 0 Å². The summed E-state index contributed by atoms with van der Waals surface area (Å²) in [6.07, 6.45) is 0. The van der Waals surface area contributed by atoms with E-state index in [-0.39, 0.29) is 6.07 Å². The van der Waals surface area contributed by atoms with Gasteiger partial charge in [0.05, 0.1) is 20.8 Å². The molecule has 90 valence electrons. The van der Waals surface area contributed by atoms with Crippen molar-refractivity contribution in [1.82, 2.24) is 0 Å². The van der Waals surface area contributed by atoms with E-state index in [9.17, 15) is 35.4 Å². The van der Waals surface area contributed by atoms with Gasteiger partial charge in [0.1, 0.15) is 0 Å². The zero-order valence-corrected chi connectivity index (χ0v) is 7.76. The van der Waals surface area contributed by atoms with E-state index in [0.717, 1.165) is 0 Å². The van der Waals surface area contributed by atoms with Crippen LogP contribution in [0.4, 0.5) is 17.1 Å². The summed E-state index contributed by atoms with van der Waals surface area (Å²) in [5.74, 6) is -2.79. The second-order valence-corrected chi connectivity index (χ2v) is 2.73. The van der Waals surface area contributed by atoms with Crippen molar-refractivity contribution in [2.24, 2.45) is 0 Å². The average Bonchev–Trinajstić information content (AvgIpc) is 2.14. The molecule has 17 heavy (non-hydrogen) atoms. The first kappa shape index (κ1) is 12.1. The van der Waals surface area contributed by atoms with Crippen molar-refractivity contribution < 1.29 is 25.0 Å². The number of phenols is 2. The molecule has 0 bridgehead atoms. The van der Waals surface area contributed by atoms with Crippen LogP contribution in [0.3, 0.4) is 0 Å². The largest absolute Gasteiger partial charge is 0.502 e. The van der Waals surface area contributed by atoms with E-state index in [1.54, 1.807) is 0 Å². The van der Waals surface area contributed by atoms with Crippen LogP contribution in [0, 0.1) is 30.3 Å². The molecule has 0 heterocycles. The van der Waals surface area contributed by atoms with E-state index in [4.69, 9.17) is 5.11 Å². The van der Waals surface area contributed by atoms with E-state index >= 15 is 0 Å². The van der Waals surface area contributed by atoms with Crippen molar-refractivity contribution in [1.29, 1.82) is 0 Å². The molecule has 1 aromatic rings. The highest BCUT2D eigenvalue weighted by atomic mass is 16.6. The number of nitro benzene ring substituents is 3. The van der Waals surface area contributed by atoms with Gasteiger partial charge < -0.3 is 10.2 Å². The molecule has 0 aliphatic heterocycles. The lowest BCUT2D eigenvalue weighted by Gasteiger charge is -2.00. The Bertz CT molecular complexity index is 539. The molecular weight excluding hydrogens is 242 g/mol. The van der Waals surface area contributed by atoms with Crippen LogP contribution >= 0.6 is 0 Å². The molecule has 0 amide bonds. The highest BCUT2D eigenvalue weighted by molar-refractivity contribution is 5.74. The minimum Gasteiger partial charge on any atom is -0.502 e. The highest BCUT2D eigenvalue weighted by Crippen LogP contribution is 2.47. The summed E-state index contributed by atoms with van der Waals surface area (Å²) in [4.78, 5) is 27.4. The molecule has 11 nitrogen and oxygen atoms in total. The number of nitrogens with zero attached hydrogens (tertiary/aromatic N) is 3. The van der Waals surface area contributed by atoms with Gasteiger partial charge in [0.25, 0.3) is 5.75 Å². The Morgan fingerprint density at radius 1 is 0.882 bits per heavy atom. The predicted octanol–water partition coefficient (Wildman–Crippen LogP) is 0.822. The lowest BCUT2D eigenvalue weighted by atomic mass is 10.2. The topological polar surface area (TPSA) is 170 Å². The zero-order chi connectivity index (χ0) is 13.3. The van der Waals surface area contributed by atoms with Crippen LogP contribution in [0.1, 0.15) is 0 Å². The quantitative estimate of drug-likeness (QED) is 0.581. The van der Waals surface area contributed by atoms with Crippen molar-refractivity contribution in [3.05, 3.63) is 36.4 Å². The summed E-state index contributed by atoms with van der Waals surface area (Å²) in [5.41, 5.74) is -4.04. The third-order valence-corrected chi connectivity index (χ3v) is 1.77. The molecule has 0 saturated heterocycles. The van der Waals surface area contributed by atoms with Crippen LogP contribution in [0.5, 0.6) is 11.5 Å². The van der Waals surface area contributed by atoms with Gasteiger partial charge in [-0.15, -0.1) is 0 Å². The molecule has 2 N–H and O–H groups in total. The SMILES string of the molecule is O=[N+]([O-])c1cc(O)c([N+](=O)[O-])c(O)c1[N+](=O)[O-]. The average molecular weight is 245 g/mol. The third-order valence-electron chi connectivity index (χ3n) is 1.77. The Hall–Kier alpha value is -2.98. The smallest absolute Gasteiger partial charge is 0.394 e. The van der Waals surface area contributed by atoms with Gasteiger partial charge in [-0.3, -0.25) is 30.3 Å². The molecule has 0 aliphatic rings. The van der Waals surface area contributed by atoms with Gasteiger partial charge >= 0.3 is 17.1 Å². The Balaban J connectivity index is 3.76. The second-order valence-electron chi connectivity index (χ2n) is 2.73. The van der Waals surface area contributed by atoms with Crippen LogP contribution in [-0.2, 0) is 0 Å². The number of benzene rings is 1. The lowest BCUT2D eigenvalue weighted by molar-refractivity contribution is -0.425. The summed E-state index contributed by atoms with van der Waals surface area (Å²) < 4.78 is 0. The van der Waals surface area contributed by atoms with Gasteiger partial charge in [0, 0.05) is 0 Å². The Kier molecular flexibility index (Phi) is 2.76. The van der Waals surface area contributed by atoms with Crippen LogP contribution in [-0.4, -0.2) is 25.0 Å². The third kappa shape index (κ3) is 1.88. The molecule has 1 aromatic carbocycles. The molecular formula is C6H3N3O8. The molecule has 0 atom stereocenters. The Morgan fingerprint density at radius 2 is 1.35 bits per heavy atom. The van der Waals surface area contributed by atoms with Crippen LogP contribution in [0.25, 0.3) is 0 Å². The summed E-state index contributed by atoms with van der Waals surface area (Å²) in [6, 6.07) is 0.232. The summed E-state index contributed by atoms with van der Waals surface area (Å²) in [6.45, 7) is 0. The maximum absolute atomic E-state index is 10.5. The van der Waals surface area contributed by atoms with Crippen molar-refractivity contribution in [2.45, 2.75) is 0 Å². The van der Waals surface area contributed by atoms with Gasteiger partial charge in [-0.25, -0.2) is 0 Å². The van der Waals surface area contributed by atoms with Gasteiger partial charge in [-0.1, -0.05) is 0 Å². The van der Waals surface area contributed by atoms with E-state index in [0.29, 0.717) is 0 Å². The number of aromatic hydroxyl groups is 2. The predicted molar refractivity (Wildman–Crippen MR) is 49.7 cm³/mol. The first-order chi connectivity index (χ1) is 7.77. The van der Waals surface area contributed by atoms with E-state index in [2.05, 4.69) is 0 Å². The summed E-state index contributed by atoms with van der Waals surface area (Å²) in [7, 11) is 0. The fraction of sp³-hybridized carbons (Fsp3) is 0. The zero-order valence-electron chi connectivity index (χ0n) is 7.76. The first-order valence-electron chi connectivity index (χ1n) is 3.79. The maximum atomic E-state index is 10.5. The fourth-order valence-corrected chi connectivity index (χ4v) is 1.12. The molecule has 0 aromatic heterocycles. The Morgan fingerprint density at radius 3 is 1.71 bits per heavy atom. The molecule has 1 rings (SSSR count).